The van der Waals surface area contributed by atoms with Gasteiger partial charge in [0.05, 0.1) is 5.33 Å². The zero-order valence-electron chi connectivity index (χ0n) is 7.71. The maximum atomic E-state index is 11.0. The van der Waals surface area contributed by atoms with Crippen LogP contribution < -0.4 is 5.32 Å². The van der Waals surface area contributed by atoms with Crippen molar-refractivity contribution in [3.63, 3.8) is 0 Å². The minimum Gasteiger partial charge on any atom is -0.325 e. The van der Waals surface area contributed by atoms with E-state index in [0.29, 0.717) is 11.3 Å². The first-order valence-corrected chi connectivity index (χ1v) is 5.22. The normalized spacial score (nSPS) is 9.57. The molecule has 0 aromatic heterocycles. The van der Waals surface area contributed by atoms with Crippen LogP contribution >= 0.6 is 15.9 Å². The number of alkyl halides is 1. The van der Waals surface area contributed by atoms with Gasteiger partial charge in [-0.3, -0.25) is 9.59 Å². The number of benzene rings is 1. The molecule has 0 aliphatic carbocycles. The zero-order valence-corrected chi connectivity index (χ0v) is 9.30. The first kappa shape index (κ1) is 10.9. The molecule has 1 rings (SSSR count). The van der Waals surface area contributed by atoms with Crippen LogP contribution in [0.15, 0.2) is 24.3 Å². The average molecular weight is 256 g/mol. The van der Waals surface area contributed by atoms with Crippen LogP contribution in [0.4, 0.5) is 5.69 Å². The van der Waals surface area contributed by atoms with Crippen LogP contribution in [0.2, 0.25) is 0 Å². The average Bonchev–Trinajstić information content (AvgIpc) is 2.18. The summed E-state index contributed by atoms with van der Waals surface area (Å²) in [5, 5.41) is 2.93. The SMILES string of the molecule is CC(=O)c1ccc(NC(=O)CBr)cc1. The summed E-state index contributed by atoms with van der Waals surface area (Å²) < 4.78 is 0. The van der Waals surface area contributed by atoms with E-state index >= 15 is 0 Å². The zero-order chi connectivity index (χ0) is 10.6. The molecular formula is C10H10BrNO2. The number of nitrogens with one attached hydrogen (secondary N) is 1. The molecule has 4 heteroatoms. The lowest BCUT2D eigenvalue weighted by Crippen LogP contribution is -2.12. The van der Waals surface area contributed by atoms with Crippen molar-refractivity contribution in [2.24, 2.45) is 0 Å². The first-order chi connectivity index (χ1) is 6.63. The number of rotatable bonds is 3. The third-order valence-corrected chi connectivity index (χ3v) is 2.21. The Hall–Kier alpha value is -1.16. The summed E-state index contributed by atoms with van der Waals surface area (Å²) >= 11 is 3.04. The number of hydrogen-bond donors (Lipinski definition) is 1. The minimum absolute atomic E-state index is 0.0170. The lowest BCUT2D eigenvalue weighted by Gasteiger charge is -2.02. The molecule has 0 saturated carbocycles. The number of Topliss-reactive ketones (excluding diaryl/α,β-unsaturated/α-hetero) is 1. The number of ketones is 1. The van der Waals surface area contributed by atoms with E-state index in [1.165, 1.54) is 6.92 Å². The number of amides is 1. The Bertz CT molecular complexity index is 346. The fraction of sp³-hybridized carbons (Fsp3) is 0.200. The third kappa shape index (κ3) is 2.96. The summed E-state index contributed by atoms with van der Waals surface area (Å²) in [6, 6.07) is 6.78. The van der Waals surface area contributed by atoms with Gasteiger partial charge in [0.2, 0.25) is 5.91 Å². The fourth-order valence-corrected chi connectivity index (χ4v) is 1.12. The molecule has 1 aromatic carbocycles. The fourth-order valence-electron chi connectivity index (χ4n) is 0.983. The second kappa shape index (κ2) is 4.91. The highest BCUT2D eigenvalue weighted by Gasteiger charge is 2.01. The smallest absolute Gasteiger partial charge is 0.235 e. The van der Waals surface area contributed by atoms with Crippen molar-refractivity contribution in [3.05, 3.63) is 29.8 Å². The van der Waals surface area contributed by atoms with E-state index in [1.807, 2.05) is 0 Å². The number of hydrogen-bond acceptors (Lipinski definition) is 2. The molecule has 0 spiro atoms. The highest BCUT2D eigenvalue weighted by atomic mass is 79.9. The molecule has 0 fully saturated rings. The van der Waals surface area contributed by atoms with Crippen LogP contribution in [0.25, 0.3) is 0 Å². The van der Waals surface area contributed by atoms with Gasteiger partial charge in [-0.05, 0) is 31.2 Å². The number of anilines is 1. The summed E-state index contributed by atoms with van der Waals surface area (Å²) in [6.45, 7) is 1.51. The van der Waals surface area contributed by atoms with Crippen molar-refractivity contribution < 1.29 is 9.59 Å². The van der Waals surface area contributed by atoms with E-state index in [4.69, 9.17) is 0 Å². The van der Waals surface area contributed by atoms with E-state index in [2.05, 4.69) is 21.2 Å². The molecule has 0 aliphatic heterocycles. The molecule has 0 saturated heterocycles. The molecule has 0 bridgehead atoms. The van der Waals surface area contributed by atoms with Gasteiger partial charge < -0.3 is 5.32 Å². The summed E-state index contributed by atoms with van der Waals surface area (Å²) in [5.74, 6) is -0.0936. The number of carbonyl (C=O) groups is 2. The Morgan fingerprint density at radius 2 is 1.86 bits per heavy atom. The number of carbonyl (C=O) groups excluding carboxylic acids is 2. The highest BCUT2D eigenvalue weighted by Crippen LogP contribution is 2.09. The largest absolute Gasteiger partial charge is 0.325 e. The maximum Gasteiger partial charge on any atom is 0.235 e. The van der Waals surface area contributed by atoms with Crippen LogP contribution in [0, 0.1) is 0 Å². The van der Waals surface area contributed by atoms with Crippen molar-refractivity contribution in [3.8, 4) is 0 Å². The predicted octanol–water partition coefficient (Wildman–Crippen LogP) is 2.22. The van der Waals surface area contributed by atoms with Gasteiger partial charge in [0.15, 0.2) is 5.78 Å². The molecule has 0 aliphatic rings. The van der Waals surface area contributed by atoms with E-state index in [9.17, 15) is 9.59 Å². The lowest BCUT2D eigenvalue weighted by atomic mass is 10.1. The Labute approximate surface area is 90.6 Å². The van der Waals surface area contributed by atoms with Crippen LogP contribution in [-0.4, -0.2) is 17.0 Å². The summed E-state index contributed by atoms with van der Waals surface area (Å²) in [6.07, 6.45) is 0. The molecule has 0 atom stereocenters. The van der Waals surface area contributed by atoms with Crippen LogP contribution in [0.3, 0.4) is 0 Å². The monoisotopic (exact) mass is 255 g/mol. The lowest BCUT2D eigenvalue weighted by molar-refractivity contribution is -0.113. The molecule has 0 heterocycles. The van der Waals surface area contributed by atoms with E-state index in [0.717, 1.165) is 0 Å². The molecule has 74 valence electrons. The molecule has 0 unspecified atom stereocenters. The Morgan fingerprint density at radius 3 is 2.29 bits per heavy atom. The van der Waals surface area contributed by atoms with Crippen molar-refractivity contribution in [1.29, 1.82) is 0 Å². The Kier molecular flexibility index (Phi) is 3.83. The molecule has 1 amide bonds. The van der Waals surface area contributed by atoms with Gasteiger partial charge in [-0.2, -0.15) is 0 Å². The maximum absolute atomic E-state index is 11.0. The minimum atomic E-state index is -0.111. The Morgan fingerprint density at radius 1 is 1.29 bits per heavy atom. The van der Waals surface area contributed by atoms with Gasteiger partial charge in [-0.25, -0.2) is 0 Å². The topological polar surface area (TPSA) is 46.2 Å². The van der Waals surface area contributed by atoms with Gasteiger partial charge in [0.1, 0.15) is 0 Å². The second-order valence-electron chi connectivity index (χ2n) is 2.82. The van der Waals surface area contributed by atoms with Gasteiger partial charge in [-0.15, -0.1) is 0 Å². The highest BCUT2D eigenvalue weighted by molar-refractivity contribution is 9.09. The first-order valence-electron chi connectivity index (χ1n) is 4.10. The summed E-state index contributed by atoms with van der Waals surface area (Å²) in [7, 11) is 0. The van der Waals surface area contributed by atoms with Crippen molar-refractivity contribution in [2.45, 2.75) is 6.92 Å². The third-order valence-electron chi connectivity index (χ3n) is 1.70. The molecular weight excluding hydrogens is 246 g/mol. The number of halogens is 1. The molecule has 14 heavy (non-hydrogen) atoms. The molecule has 3 nitrogen and oxygen atoms in total. The summed E-state index contributed by atoms with van der Waals surface area (Å²) in [5.41, 5.74) is 1.33. The second-order valence-corrected chi connectivity index (χ2v) is 3.38. The molecule has 0 radical (unpaired) electrons. The van der Waals surface area contributed by atoms with Crippen LogP contribution in [0.5, 0.6) is 0 Å². The predicted molar refractivity (Wildman–Crippen MR) is 58.9 cm³/mol. The van der Waals surface area contributed by atoms with Crippen molar-refractivity contribution in [2.75, 3.05) is 10.6 Å². The van der Waals surface area contributed by atoms with Crippen molar-refractivity contribution in [1.82, 2.24) is 0 Å². The van der Waals surface area contributed by atoms with Crippen LogP contribution in [-0.2, 0) is 4.79 Å². The van der Waals surface area contributed by atoms with Gasteiger partial charge in [-0.1, -0.05) is 15.9 Å². The van der Waals surface area contributed by atoms with Gasteiger partial charge >= 0.3 is 0 Å². The quantitative estimate of drug-likeness (QED) is 0.665. The van der Waals surface area contributed by atoms with E-state index in [-0.39, 0.29) is 17.0 Å². The van der Waals surface area contributed by atoms with Gasteiger partial charge in [0.25, 0.3) is 0 Å². The van der Waals surface area contributed by atoms with Crippen LogP contribution in [0.1, 0.15) is 17.3 Å². The molecule has 1 aromatic rings. The van der Waals surface area contributed by atoms with E-state index < -0.39 is 0 Å². The standard InChI is InChI=1S/C10H10BrNO2/c1-7(13)8-2-4-9(5-3-8)12-10(14)6-11/h2-5H,6H2,1H3,(H,12,14). The molecule has 1 N–H and O–H groups in total. The van der Waals surface area contributed by atoms with Gasteiger partial charge in [0, 0.05) is 11.3 Å². The van der Waals surface area contributed by atoms with Crippen molar-refractivity contribution >= 4 is 33.3 Å². The summed E-state index contributed by atoms with van der Waals surface area (Å²) in [4.78, 5) is 21.9. The Balaban J connectivity index is 2.73. The van der Waals surface area contributed by atoms with E-state index in [1.54, 1.807) is 24.3 Å².